The minimum atomic E-state index is -1.40. The van der Waals surface area contributed by atoms with Gasteiger partial charge in [-0.3, -0.25) is 24.0 Å². The predicted octanol–water partition coefficient (Wildman–Crippen LogP) is 0.672. The van der Waals surface area contributed by atoms with Gasteiger partial charge in [0.15, 0.2) is 5.78 Å². The van der Waals surface area contributed by atoms with Crippen LogP contribution < -0.4 is 10.6 Å². The lowest BCUT2D eigenvalue weighted by Gasteiger charge is -2.13. The monoisotopic (exact) mass is 414 g/mol. The van der Waals surface area contributed by atoms with Crippen molar-refractivity contribution in [2.45, 2.75) is 71.3 Å². The van der Waals surface area contributed by atoms with E-state index in [1.807, 2.05) is 5.32 Å². The normalized spacial score (nSPS) is 11.6. The van der Waals surface area contributed by atoms with E-state index in [9.17, 15) is 28.8 Å². The molecule has 0 aromatic carbocycles. The van der Waals surface area contributed by atoms with E-state index in [2.05, 4.69) is 19.2 Å². The Morgan fingerprint density at radius 3 is 2.00 bits per heavy atom. The van der Waals surface area contributed by atoms with E-state index in [1.54, 1.807) is 0 Å². The second kappa shape index (κ2) is 14.3. The van der Waals surface area contributed by atoms with Gasteiger partial charge in [0, 0.05) is 25.7 Å². The first-order chi connectivity index (χ1) is 13.5. The van der Waals surface area contributed by atoms with Gasteiger partial charge in [-0.2, -0.15) is 0 Å². The topological polar surface area (TPSA) is 167 Å². The van der Waals surface area contributed by atoms with E-state index in [0.717, 1.165) is 12.8 Å². The fourth-order valence-corrected chi connectivity index (χ4v) is 2.40. The van der Waals surface area contributed by atoms with Gasteiger partial charge in [-0.25, -0.2) is 4.79 Å². The molecule has 2 amide bonds. The van der Waals surface area contributed by atoms with Crippen molar-refractivity contribution in [3.8, 4) is 0 Å². The minimum Gasteiger partial charge on any atom is -0.481 e. The Bertz CT molecular complexity index is 615. The zero-order valence-electron chi connectivity index (χ0n) is 16.9. The largest absolute Gasteiger partial charge is 0.481 e. The lowest BCUT2D eigenvalue weighted by Crippen LogP contribution is -2.41. The molecule has 164 valence electrons. The number of ketones is 2. The van der Waals surface area contributed by atoms with Crippen LogP contribution in [0.1, 0.15) is 65.2 Å². The van der Waals surface area contributed by atoms with Crippen LogP contribution in [0.2, 0.25) is 0 Å². The SMILES string of the molecule is CC(C)CCCC(=O)CNC(=O)CCC(=O)CCC(NC(=O)CC(=O)O)C(=O)O. The molecular weight excluding hydrogens is 384 g/mol. The number of aliphatic carboxylic acids is 2. The van der Waals surface area contributed by atoms with Crippen molar-refractivity contribution >= 4 is 35.3 Å². The van der Waals surface area contributed by atoms with Crippen LogP contribution >= 0.6 is 0 Å². The highest BCUT2D eigenvalue weighted by atomic mass is 16.4. The molecule has 29 heavy (non-hydrogen) atoms. The molecule has 0 saturated carbocycles. The number of carbonyl (C=O) groups excluding carboxylic acids is 4. The van der Waals surface area contributed by atoms with E-state index >= 15 is 0 Å². The maximum Gasteiger partial charge on any atom is 0.326 e. The van der Waals surface area contributed by atoms with E-state index in [1.165, 1.54) is 0 Å². The smallest absolute Gasteiger partial charge is 0.326 e. The Hall–Kier alpha value is -2.78. The van der Waals surface area contributed by atoms with Crippen molar-refractivity contribution in [2.24, 2.45) is 5.92 Å². The zero-order valence-corrected chi connectivity index (χ0v) is 16.9. The lowest BCUT2D eigenvalue weighted by molar-refractivity contribution is -0.145. The number of amides is 2. The number of Topliss-reactive ketones (excluding diaryl/α,β-unsaturated/α-hetero) is 2. The summed E-state index contributed by atoms with van der Waals surface area (Å²) in [4.78, 5) is 68.0. The second-order valence-corrected chi connectivity index (χ2v) is 7.21. The van der Waals surface area contributed by atoms with Crippen molar-refractivity contribution in [3.05, 3.63) is 0 Å². The first-order valence-electron chi connectivity index (χ1n) is 9.55. The van der Waals surface area contributed by atoms with Gasteiger partial charge in [-0.15, -0.1) is 0 Å². The molecule has 0 aromatic rings. The molecule has 0 spiro atoms. The van der Waals surface area contributed by atoms with E-state index < -0.39 is 36.2 Å². The first kappa shape index (κ1) is 26.2. The second-order valence-electron chi connectivity index (χ2n) is 7.21. The van der Waals surface area contributed by atoms with Crippen LogP contribution in [-0.4, -0.2) is 58.1 Å². The predicted molar refractivity (Wildman–Crippen MR) is 102 cm³/mol. The van der Waals surface area contributed by atoms with Crippen LogP contribution in [0.4, 0.5) is 0 Å². The van der Waals surface area contributed by atoms with Crippen LogP contribution in [-0.2, 0) is 28.8 Å². The molecule has 1 unspecified atom stereocenters. The molecule has 0 aliphatic rings. The molecule has 0 heterocycles. The summed E-state index contributed by atoms with van der Waals surface area (Å²) < 4.78 is 0. The number of nitrogens with one attached hydrogen (secondary N) is 2. The lowest BCUT2D eigenvalue weighted by atomic mass is 10.0. The molecule has 0 aliphatic heterocycles. The molecule has 4 N–H and O–H groups in total. The molecule has 1 atom stereocenters. The summed E-state index contributed by atoms with van der Waals surface area (Å²) >= 11 is 0. The summed E-state index contributed by atoms with van der Waals surface area (Å²) in [5, 5.41) is 22.0. The van der Waals surface area contributed by atoms with Crippen molar-refractivity contribution in [3.63, 3.8) is 0 Å². The number of carbonyl (C=O) groups is 6. The van der Waals surface area contributed by atoms with Gasteiger partial charge in [-0.1, -0.05) is 20.3 Å². The highest BCUT2D eigenvalue weighted by Gasteiger charge is 2.22. The Morgan fingerprint density at radius 1 is 0.793 bits per heavy atom. The molecule has 0 rings (SSSR count). The number of hydrogen-bond donors (Lipinski definition) is 4. The third-order valence-corrected chi connectivity index (χ3v) is 4.01. The van der Waals surface area contributed by atoms with E-state index in [4.69, 9.17) is 10.2 Å². The van der Waals surface area contributed by atoms with E-state index in [0.29, 0.717) is 12.3 Å². The highest BCUT2D eigenvalue weighted by molar-refractivity contribution is 5.95. The van der Waals surface area contributed by atoms with Gasteiger partial charge in [0.25, 0.3) is 0 Å². The molecule has 0 aromatic heterocycles. The van der Waals surface area contributed by atoms with Gasteiger partial charge in [0.05, 0.1) is 6.54 Å². The van der Waals surface area contributed by atoms with Gasteiger partial charge in [-0.05, 0) is 18.8 Å². The number of carboxylic acids is 2. The molecular formula is C19H30N2O8. The van der Waals surface area contributed by atoms with Crippen LogP contribution in [0.5, 0.6) is 0 Å². The van der Waals surface area contributed by atoms with Crippen LogP contribution in [0.25, 0.3) is 0 Å². The molecule has 10 heteroatoms. The van der Waals surface area contributed by atoms with Crippen LogP contribution in [0.3, 0.4) is 0 Å². The Labute approximate surface area is 169 Å². The third kappa shape index (κ3) is 14.9. The molecule has 10 nitrogen and oxygen atoms in total. The molecule has 0 fully saturated rings. The number of rotatable bonds is 16. The minimum absolute atomic E-state index is 0.0771. The summed E-state index contributed by atoms with van der Waals surface area (Å²) in [7, 11) is 0. The summed E-state index contributed by atoms with van der Waals surface area (Å²) in [6.45, 7) is 4.04. The van der Waals surface area contributed by atoms with Gasteiger partial charge in [0.2, 0.25) is 11.8 Å². The van der Waals surface area contributed by atoms with Crippen LogP contribution in [0.15, 0.2) is 0 Å². The van der Waals surface area contributed by atoms with Crippen molar-refractivity contribution in [2.75, 3.05) is 6.54 Å². The van der Waals surface area contributed by atoms with Crippen molar-refractivity contribution in [1.82, 2.24) is 10.6 Å². The average Bonchev–Trinajstić information content (AvgIpc) is 2.60. The summed E-state index contributed by atoms with van der Waals surface area (Å²) in [5.74, 6) is -4.13. The van der Waals surface area contributed by atoms with Crippen molar-refractivity contribution < 1.29 is 39.0 Å². The molecule has 0 bridgehead atoms. The highest BCUT2D eigenvalue weighted by Crippen LogP contribution is 2.06. The standard InChI is InChI=1S/C19H30N2O8/c1-12(2)4-3-5-14(23)11-20-16(24)9-7-13(22)6-8-15(19(28)29)21-17(25)10-18(26)27/h12,15H,3-11H2,1-2H3,(H,20,24)(H,21,25)(H,26,27)(H,28,29). The van der Waals surface area contributed by atoms with Gasteiger partial charge < -0.3 is 20.8 Å². The quantitative estimate of drug-likeness (QED) is 0.267. The fraction of sp³-hybridized carbons (Fsp3) is 0.684. The van der Waals surface area contributed by atoms with E-state index in [-0.39, 0.29) is 43.8 Å². The average molecular weight is 414 g/mol. The molecule has 0 saturated heterocycles. The Morgan fingerprint density at radius 2 is 1.45 bits per heavy atom. The summed E-state index contributed by atoms with van der Waals surface area (Å²) in [6.07, 6.45) is 0.571. The summed E-state index contributed by atoms with van der Waals surface area (Å²) in [5.41, 5.74) is 0. The first-order valence-corrected chi connectivity index (χ1v) is 9.55. The van der Waals surface area contributed by atoms with Gasteiger partial charge >= 0.3 is 11.9 Å². The molecule has 0 aliphatic carbocycles. The number of hydrogen-bond acceptors (Lipinski definition) is 6. The maximum absolute atomic E-state index is 11.8. The number of carboxylic acid groups (broad SMARTS) is 2. The third-order valence-electron chi connectivity index (χ3n) is 4.01. The fourth-order valence-electron chi connectivity index (χ4n) is 2.40. The van der Waals surface area contributed by atoms with Gasteiger partial charge in [0.1, 0.15) is 18.2 Å². The van der Waals surface area contributed by atoms with Crippen molar-refractivity contribution in [1.29, 1.82) is 0 Å². The van der Waals surface area contributed by atoms with Crippen LogP contribution in [0, 0.1) is 5.92 Å². The maximum atomic E-state index is 11.8. The zero-order chi connectivity index (χ0) is 22.4. The Balaban J connectivity index is 4.12. The Kier molecular flexibility index (Phi) is 12.9. The molecule has 0 radical (unpaired) electrons. The summed E-state index contributed by atoms with van der Waals surface area (Å²) in [6, 6.07) is -1.39.